The molecule has 1 aromatic heterocycles. The molecule has 1 amide bonds. The average Bonchev–Trinajstić information content (AvgIpc) is 3.10. The van der Waals surface area contributed by atoms with Gasteiger partial charge in [-0.1, -0.05) is 20.8 Å². The molecular formula is C21H33N3O2S2. The lowest BCUT2D eigenvalue weighted by atomic mass is 9.53. The summed E-state index contributed by atoms with van der Waals surface area (Å²) in [7, 11) is 1.92. The van der Waals surface area contributed by atoms with Crippen LogP contribution in [0.4, 0.5) is 5.13 Å². The third kappa shape index (κ3) is 3.37. The Morgan fingerprint density at radius 3 is 2.79 bits per heavy atom. The van der Waals surface area contributed by atoms with E-state index >= 15 is 0 Å². The molecule has 1 saturated carbocycles. The van der Waals surface area contributed by atoms with E-state index in [0.29, 0.717) is 0 Å². The van der Waals surface area contributed by atoms with Crippen molar-refractivity contribution in [2.45, 2.75) is 52.1 Å². The maximum Gasteiger partial charge on any atom is 0.225 e. The van der Waals surface area contributed by atoms with E-state index in [1.807, 2.05) is 30.6 Å². The molecule has 28 heavy (non-hydrogen) atoms. The number of rotatable bonds is 3. The highest BCUT2D eigenvalue weighted by molar-refractivity contribution is 7.99. The number of anilines is 1. The molecule has 3 aliphatic rings. The molecule has 5 nitrogen and oxygen atoms in total. The number of carbonyl (C=O) groups excluding carboxylic acids is 1. The maximum absolute atomic E-state index is 13.1. The molecule has 0 unspecified atom stereocenters. The molecular weight excluding hydrogens is 390 g/mol. The lowest BCUT2D eigenvalue weighted by molar-refractivity contribution is -0.144. The summed E-state index contributed by atoms with van der Waals surface area (Å²) in [5, 5.41) is 15.6. The fourth-order valence-electron chi connectivity index (χ4n) is 5.91. The Morgan fingerprint density at radius 1 is 1.39 bits per heavy atom. The van der Waals surface area contributed by atoms with Crippen LogP contribution in [0.15, 0.2) is 0 Å². The molecule has 6 atom stereocenters. The second kappa shape index (κ2) is 7.80. The van der Waals surface area contributed by atoms with Crippen LogP contribution in [-0.4, -0.2) is 58.6 Å². The predicted octanol–water partition coefficient (Wildman–Crippen LogP) is 3.45. The molecule has 2 fully saturated rings. The van der Waals surface area contributed by atoms with Crippen LogP contribution in [0.3, 0.4) is 0 Å². The first-order chi connectivity index (χ1) is 13.4. The van der Waals surface area contributed by atoms with Crippen LogP contribution in [0.1, 0.15) is 50.1 Å². The molecule has 0 spiro atoms. The minimum atomic E-state index is -0.445. The molecule has 0 bridgehead atoms. The summed E-state index contributed by atoms with van der Waals surface area (Å²) in [6, 6.07) is 0. The Balaban J connectivity index is 1.56. The molecule has 0 radical (unpaired) electrons. The Kier molecular flexibility index (Phi) is 5.71. The van der Waals surface area contributed by atoms with Crippen molar-refractivity contribution in [1.29, 1.82) is 0 Å². The Labute approximate surface area is 176 Å². The third-order valence-corrected chi connectivity index (χ3v) is 9.52. The number of nitrogens with zero attached hydrogens (tertiary/aromatic N) is 2. The van der Waals surface area contributed by atoms with Crippen molar-refractivity contribution in [3.63, 3.8) is 0 Å². The van der Waals surface area contributed by atoms with Gasteiger partial charge in [0, 0.05) is 48.4 Å². The summed E-state index contributed by atoms with van der Waals surface area (Å²) in [5.74, 6) is 2.62. The number of aromatic nitrogens is 1. The number of amides is 1. The molecule has 1 aliphatic heterocycles. The zero-order chi connectivity index (χ0) is 20.1. The number of aliphatic hydroxyl groups excluding tert-OH is 1. The summed E-state index contributed by atoms with van der Waals surface area (Å²) < 4.78 is 0. The predicted molar refractivity (Wildman–Crippen MR) is 117 cm³/mol. The van der Waals surface area contributed by atoms with E-state index in [9.17, 15) is 9.90 Å². The molecule has 0 aromatic carbocycles. The van der Waals surface area contributed by atoms with Crippen molar-refractivity contribution in [3.8, 4) is 0 Å². The number of nitrogens with one attached hydrogen (secondary N) is 1. The van der Waals surface area contributed by atoms with E-state index in [2.05, 4.69) is 19.2 Å². The number of hydrogen-bond donors (Lipinski definition) is 2. The fraction of sp³-hybridized carbons (Fsp3) is 0.810. The van der Waals surface area contributed by atoms with E-state index < -0.39 is 6.10 Å². The van der Waals surface area contributed by atoms with Crippen molar-refractivity contribution >= 4 is 34.1 Å². The highest BCUT2D eigenvalue weighted by Gasteiger charge is 2.54. The van der Waals surface area contributed by atoms with Crippen LogP contribution in [0.25, 0.3) is 0 Å². The molecule has 1 aromatic rings. The molecule has 4 rings (SSSR count). The van der Waals surface area contributed by atoms with Gasteiger partial charge in [-0.25, -0.2) is 4.98 Å². The summed E-state index contributed by atoms with van der Waals surface area (Å²) >= 11 is 3.68. The van der Waals surface area contributed by atoms with Crippen LogP contribution >= 0.6 is 23.1 Å². The summed E-state index contributed by atoms with van der Waals surface area (Å²) in [6.45, 7) is 8.30. The lowest BCUT2D eigenvalue weighted by Gasteiger charge is -2.53. The van der Waals surface area contributed by atoms with Gasteiger partial charge in [-0.2, -0.15) is 11.8 Å². The van der Waals surface area contributed by atoms with Crippen LogP contribution in [0.2, 0.25) is 0 Å². The summed E-state index contributed by atoms with van der Waals surface area (Å²) in [6.07, 6.45) is 2.55. The smallest absolute Gasteiger partial charge is 0.225 e. The van der Waals surface area contributed by atoms with Gasteiger partial charge in [-0.05, 0) is 36.5 Å². The Bertz CT molecular complexity index is 733. The minimum absolute atomic E-state index is 0.0477. The van der Waals surface area contributed by atoms with Crippen LogP contribution in [0, 0.1) is 23.2 Å². The third-order valence-electron chi connectivity index (χ3n) is 7.49. The second-order valence-electron chi connectivity index (χ2n) is 9.14. The van der Waals surface area contributed by atoms with E-state index in [-0.39, 0.29) is 35.0 Å². The van der Waals surface area contributed by atoms with Crippen molar-refractivity contribution in [2.24, 2.45) is 23.2 Å². The minimum Gasteiger partial charge on any atom is -0.392 e. The largest absolute Gasteiger partial charge is 0.392 e. The average molecular weight is 424 g/mol. The number of carbonyl (C=O) groups is 1. The number of aliphatic hydroxyl groups is 1. The van der Waals surface area contributed by atoms with Gasteiger partial charge in [-0.15, -0.1) is 11.3 Å². The summed E-state index contributed by atoms with van der Waals surface area (Å²) in [5.41, 5.74) is 1.24. The second-order valence-corrected chi connectivity index (χ2v) is 11.5. The standard InChI is InChI=1S/C21H33N3O2S2/c1-12(19(26)24-7-9-27-10-8-24)14-5-6-21(3)11-15-17(23-20(22-4)28-15)13(2)16(21)18(14)25/h12-14,16,18,25H,5-11H2,1-4H3,(H,22,23)/t12-,13-,14-,16+,18-,21-/m0/s1. The SMILES string of the molecule is CNc1nc2c(s1)C[C@]1(C)CC[C@@H]([C@H](C)C(=O)N3CCSCC3)[C@H](O)[C@H]1[C@@H]2C. The zero-order valence-electron chi connectivity index (χ0n) is 17.4. The lowest BCUT2D eigenvalue weighted by Crippen LogP contribution is -2.54. The van der Waals surface area contributed by atoms with E-state index in [4.69, 9.17) is 4.98 Å². The first-order valence-corrected chi connectivity index (χ1v) is 12.5. The van der Waals surface area contributed by atoms with Crippen molar-refractivity contribution in [2.75, 3.05) is 37.0 Å². The van der Waals surface area contributed by atoms with Gasteiger partial charge in [-0.3, -0.25) is 4.79 Å². The first kappa shape index (κ1) is 20.5. The van der Waals surface area contributed by atoms with E-state index in [1.54, 1.807) is 11.3 Å². The topological polar surface area (TPSA) is 65.5 Å². The molecule has 2 aliphatic carbocycles. The normalized spacial score (nSPS) is 36.4. The first-order valence-electron chi connectivity index (χ1n) is 10.6. The summed E-state index contributed by atoms with van der Waals surface area (Å²) in [4.78, 5) is 21.3. The number of thiazole rings is 1. The van der Waals surface area contributed by atoms with Crippen LogP contribution in [-0.2, 0) is 11.2 Å². The van der Waals surface area contributed by atoms with Gasteiger partial charge in [0.05, 0.1) is 11.8 Å². The van der Waals surface area contributed by atoms with Gasteiger partial charge in [0.25, 0.3) is 0 Å². The number of fused-ring (bicyclic) bond motifs is 2. The van der Waals surface area contributed by atoms with E-state index in [0.717, 1.165) is 54.7 Å². The van der Waals surface area contributed by atoms with Crippen molar-refractivity contribution in [1.82, 2.24) is 9.88 Å². The molecule has 156 valence electrons. The molecule has 2 heterocycles. The molecule has 2 N–H and O–H groups in total. The Morgan fingerprint density at radius 2 is 2.11 bits per heavy atom. The van der Waals surface area contributed by atoms with E-state index in [1.165, 1.54) is 4.88 Å². The van der Waals surface area contributed by atoms with Gasteiger partial charge in [0.15, 0.2) is 5.13 Å². The van der Waals surface area contributed by atoms with Gasteiger partial charge >= 0.3 is 0 Å². The molecule has 1 saturated heterocycles. The quantitative estimate of drug-likeness (QED) is 0.780. The zero-order valence-corrected chi connectivity index (χ0v) is 19.0. The highest BCUT2D eigenvalue weighted by atomic mass is 32.2. The highest BCUT2D eigenvalue weighted by Crippen LogP contribution is 2.57. The number of thioether (sulfide) groups is 1. The fourth-order valence-corrected chi connectivity index (χ4v) is 8.03. The monoisotopic (exact) mass is 423 g/mol. The van der Waals surface area contributed by atoms with Gasteiger partial charge in [0.2, 0.25) is 5.91 Å². The molecule has 7 heteroatoms. The number of hydrogen-bond acceptors (Lipinski definition) is 6. The van der Waals surface area contributed by atoms with Crippen LogP contribution in [0.5, 0.6) is 0 Å². The van der Waals surface area contributed by atoms with Crippen LogP contribution < -0.4 is 5.32 Å². The van der Waals surface area contributed by atoms with Crippen molar-refractivity contribution < 1.29 is 9.90 Å². The van der Waals surface area contributed by atoms with Gasteiger partial charge < -0.3 is 15.3 Å². The Hall–Kier alpha value is -0.790. The van der Waals surface area contributed by atoms with Gasteiger partial charge in [0.1, 0.15) is 0 Å². The van der Waals surface area contributed by atoms with Crippen molar-refractivity contribution in [3.05, 3.63) is 10.6 Å². The maximum atomic E-state index is 13.1.